The fourth-order valence-corrected chi connectivity index (χ4v) is 0.458. The topological polar surface area (TPSA) is 136 Å². The molecule has 0 heterocycles. The van der Waals surface area contributed by atoms with Crippen molar-refractivity contribution in [3.63, 3.8) is 0 Å². The van der Waals surface area contributed by atoms with Gasteiger partial charge in [0.05, 0.1) is 12.5 Å². The Bertz CT molecular complexity index is 159. The van der Waals surface area contributed by atoms with Gasteiger partial charge in [0.15, 0.2) is 0 Å². The van der Waals surface area contributed by atoms with Crippen LogP contribution in [0.2, 0.25) is 0 Å². The molecular formula is C4H11N5O2. The summed E-state index contributed by atoms with van der Waals surface area (Å²) in [6.45, 7) is 0. The third-order valence-electron chi connectivity index (χ3n) is 1.05. The zero-order valence-electron chi connectivity index (χ0n) is 5.83. The van der Waals surface area contributed by atoms with E-state index in [4.69, 9.17) is 17.4 Å². The highest BCUT2D eigenvalue weighted by atomic mass is 16.2. The molecule has 0 spiro atoms. The van der Waals surface area contributed by atoms with Crippen molar-refractivity contribution < 1.29 is 9.59 Å². The van der Waals surface area contributed by atoms with E-state index >= 15 is 0 Å². The lowest BCUT2D eigenvalue weighted by Gasteiger charge is -2.07. The molecule has 0 unspecified atom stereocenters. The van der Waals surface area contributed by atoms with Crippen LogP contribution in [-0.2, 0) is 9.59 Å². The number of amides is 2. The van der Waals surface area contributed by atoms with Crippen molar-refractivity contribution in [3.05, 3.63) is 0 Å². The highest BCUT2D eigenvalue weighted by Gasteiger charge is 2.15. The lowest BCUT2D eigenvalue weighted by Crippen LogP contribution is -2.47. The van der Waals surface area contributed by atoms with E-state index in [-0.39, 0.29) is 6.42 Å². The number of carbonyl (C=O) groups is 2. The van der Waals surface area contributed by atoms with Crippen molar-refractivity contribution in [2.75, 3.05) is 0 Å². The number of hydrogen-bond acceptors (Lipinski definition) is 5. The molecule has 2 amide bonds. The van der Waals surface area contributed by atoms with Gasteiger partial charge in [-0.05, 0) is 0 Å². The van der Waals surface area contributed by atoms with Crippen molar-refractivity contribution in [2.45, 2.75) is 12.5 Å². The van der Waals surface area contributed by atoms with E-state index in [2.05, 4.69) is 0 Å². The normalized spacial score (nSPS) is 11.9. The van der Waals surface area contributed by atoms with E-state index in [0.29, 0.717) is 0 Å². The summed E-state index contributed by atoms with van der Waals surface area (Å²) in [5.41, 5.74) is 8.84. The molecule has 0 aliphatic rings. The lowest BCUT2D eigenvalue weighted by atomic mass is 10.2. The molecule has 7 nitrogen and oxygen atoms in total. The van der Waals surface area contributed by atoms with Gasteiger partial charge in [0.1, 0.15) is 0 Å². The maximum Gasteiger partial charge on any atom is 0.251 e. The standard InChI is InChI=1S/C4H11N5O2/c5-2(4(11)9-7)1-3(10)8-6/h2H,1,5-7H2,(H,8,10)(H,9,11)/t2-/m0/s1. The van der Waals surface area contributed by atoms with Crippen LogP contribution in [0, 0.1) is 0 Å². The van der Waals surface area contributed by atoms with Gasteiger partial charge in [-0.1, -0.05) is 0 Å². The third-order valence-corrected chi connectivity index (χ3v) is 1.05. The first-order valence-electron chi connectivity index (χ1n) is 2.87. The van der Waals surface area contributed by atoms with Gasteiger partial charge in [0.2, 0.25) is 5.91 Å². The van der Waals surface area contributed by atoms with Gasteiger partial charge in [-0.3, -0.25) is 20.4 Å². The molecule has 7 heteroatoms. The van der Waals surface area contributed by atoms with Gasteiger partial charge >= 0.3 is 0 Å². The minimum atomic E-state index is -0.955. The summed E-state index contributed by atoms with van der Waals surface area (Å²) in [7, 11) is 0. The van der Waals surface area contributed by atoms with E-state index in [1.165, 1.54) is 0 Å². The lowest BCUT2D eigenvalue weighted by molar-refractivity contribution is -0.127. The molecule has 11 heavy (non-hydrogen) atoms. The van der Waals surface area contributed by atoms with Crippen LogP contribution in [-0.4, -0.2) is 17.9 Å². The molecule has 1 atom stereocenters. The van der Waals surface area contributed by atoms with Gasteiger partial charge in [-0.15, -0.1) is 0 Å². The predicted molar refractivity (Wildman–Crippen MR) is 37.3 cm³/mol. The molecule has 0 bridgehead atoms. The maximum absolute atomic E-state index is 10.6. The average Bonchev–Trinajstić information content (AvgIpc) is 2.02. The maximum atomic E-state index is 10.6. The molecule has 0 aromatic carbocycles. The van der Waals surface area contributed by atoms with Crippen molar-refractivity contribution in [1.82, 2.24) is 10.9 Å². The zero-order chi connectivity index (χ0) is 8.85. The van der Waals surface area contributed by atoms with Gasteiger partial charge in [-0.25, -0.2) is 11.7 Å². The molecule has 0 radical (unpaired) electrons. The highest BCUT2D eigenvalue weighted by molar-refractivity contribution is 5.87. The van der Waals surface area contributed by atoms with Crippen LogP contribution < -0.4 is 28.3 Å². The molecule has 0 rings (SSSR count). The summed E-state index contributed by atoms with van der Waals surface area (Å²) in [4.78, 5) is 21.1. The Balaban J connectivity index is 3.77. The van der Waals surface area contributed by atoms with E-state index < -0.39 is 17.9 Å². The van der Waals surface area contributed by atoms with Gasteiger partial charge in [-0.2, -0.15) is 0 Å². The van der Waals surface area contributed by atoms with Crippen LogP contribution in [0.15, 0.2) is 0 Å². The Morgan fingerprint density at radius 2 is 1.82 bits per heavy atom. The molecule has 0 aliphatic carbocycles. The number of hydrazine groups is 2. The fourth-order valence-electron chi connectivity index (χ4n) is 0.458. The molecule has 0 saturated carbocycles. The SMILES string of the molecule is NNC(=O)C[C@H](N)C(=O)NN. The molecule has 0 aromatic heterocycles. The number of hydrogen-bond donors (Lipinski definition) is 5. The van der Waals surface area contributed by atoms with Gasteiger partial charge < -0.3 is 5.73 Å². The second kappa shape index (κ2) is 4.61. The van der Waals surface area contributed by atoms with Crippen molar-refractivity contribution in [1.29, 1.82) is 0 Å². The number of nitrogens with two attached hydrogens (primary N) is 3. The minimum absolute atomic E-state index is 0.181. The molecule has 0 fully saturated rings. The second-order valence-electron chi connectivity index (χ2n) is 1.89. The summed E-state index contributed by atoms with van der Waals surface area (Å²) >= 11 is 0. The summed E-state index contributed by atoms with van der Waals surface area (Å²) in [5.74, 6) is 8.38. The number of carbonyl (C=O) groups excluding carboxylic acids is 2. The van der Waals surface area contributed by atoms with Gasteiger partial charge in [0, 0.05) is 0 Å². The third kappa shape index (κ3) is 3.50. The van der Waals surface area contributed by atoms with E-state index in [9.17, 15) is 9.59 Å². The molecule has 0 aromatic rings. The largest absolute Gasteiger partial charge is 0.319 e. The zero-order valence-corrected chi connectivity index (χ0v) is 5.83. The smallest absolute Gasteiger partial charge is 0.251 e. The van der Waals surface area contributed by atoms with Gasteiger partial charge in [0.25, 0.3) is 5.91 Å². The Hall–Kier alpha value is -1.18. The minimum Gasteiger partial charge on any atom is -0.319 e. The Morgan fingerprint density at radius 1 is 1.27 bits per heavy atom. The van der Waals surface area contributed by atoms with Crippen LogP contribution >= 0.6 is 0 Å². The van der Waals surface area contributed by atoms with Crippen molar-refractivity contribution in [2.24, 2.45) is 17.4 Å². The summed E-state index contributed by atoms with van der Waals surface area (Å²) in [6.07, 6.45) is -0.181. The summed E-state index contributed by atoms with van der Waals surface area (Å²) in [5, 5.41) is 0. The fraction of sp³-hybridized carbons (Fsp3) is 0.500. The first-order chi connectivity index (χ1) is 5.11. The number of rotatable bonds is 3. The van der Waals surface area contributed by atoms with Crippen molar-refractivity contribution in [3.8, 4) is 0 Å². The van der Waals surface area contributed by atoms with Crippen LogP contribution in [0.4, 0.5) is 0 Å². The van der Waals surface area contributed by atoms with Crippen LogP contribution in [0.5, 0.6) is 0 Å². The Morgan fingerprint density at radius 3 is 2.18 bits per heavy atom. The molecule has 8 N–H and O–H groups in total. The number of nitrogens with one attached hydrogen (secondary N) is 2. The molecular weight excluding hydrogens is 150 g/mol. The first-order valence-corrected chi connectivity index (χ1v) is 2.87. The summed E-state index contributed by atoms with van der Waals surface area (Å²) < 4.78 is 0. The highest BCUT2D eigenvalue weighted by Crippen LogP contribution is 1.85. The average molecular weight is 161 g/mol. The monoisotopic (exact) mass is 161 g/mol. The van der Waals surface area contributed by atoms with Crippen LogP contribution in [0.1, 0.15) is 6.42 Å². The predicted octanol–water partition coefficient (Wildman–Crippen LogP) is -3.32. The van der Waals surface area contributed by atoms with E-state index in [1.54, 1.807) is 0 Å². The van der Waals surface area contributed by atoms with Crippen LogP contribution in [0.25, 0.3) is 0 Å². The molecule has 0 aliphatic heterocycles. The first kappa shape index (κ1) is 9.82. The summed E-state index contributed by atoms with van der Waals surface area (Å²) in [6, 6.07) is -0.955. The van der Waals surface area contributed by atoms with Crippen molar-refractivity contribution >= 4 is 11.8 Å². The van der Waals surface area contributed by atoms with Crippen LogP contribution in [0.3, 0.4) is 0 Å². The van der Waals surface area contributed by atoms with E-state index in [0.717, 1.165) is 0 Å². The molecule has 64 valence electrons. The van der Waals surface area contributed by atoms with E-state index in [1.807, 2.05) is 10.9 Å². The second-order valence-corrected chi connectivity index (χ2v) is 1.89. The quantitative estimate of drug-likeness (QED) is 0.168. The molecule has 0 saturated heterocycles. The Labute approximate surface area is 63.2 Å². The Kier molecular flexibility index (Phi) is 4.11.